The van der Waals surface area contributed by atoms with Gasteiger partial charge in [0.15, 0.2) is 5.69 Å². The number of hydrogen-bond donors (Lipinski definition) is 1. The molecule has 7 heteroatoms. The Kier molecular flexibility index (Phi) is 5.34. The lowest BCUT2D eigenvalue weighted by Gasteiger charge is -2.11. The average molecular weight is 397 g/mol. The second-order valence-electron chi connectivity index (χ2n) is 6.50. The second-order valence-corrected chi connectivity index (χ2v) is 6.50. The number of para-hydroxylation sites is 1. The first kappa shape index (κ1) is 19.1. The van der Waals surface area contributed by atoms with E-state index >= 15 is 0 Å². The van der Waals surface area contributed by atoms with Crippen LogP contribution >= 0.6 is 0 Å². The highest BCUT2D eigenvalue weighted by Gasteiger charge is 2.12. The van der Waals surface area contributed by atoms with Crippen LogP contribution < -0.4 is 11.2 Å². The Balaban J connectivity index is 1.78. The lowest BCUT2D eigenvalue weighted by atomic mass is 10.1. The Morgan fingerprint density at radius 3 is 2.70 bits per heavy atom. The minimum atomic E-state index is -0.243. The third-order valence-electron chi connectivity index (χ3n) is 4.43. The molecule has 0 amide bonds. The summed E-state index contributed by atoms with van der Waals surface area (Å²) in [5.41, 5.74) is 9.28. The van der Waals surface area contributed by atoms with Crippen LogP contribution in [0.5, 0.6) is 0 Å². The van der Waals surface area contributed by atoms with E-state index in [1.807, 2.05) is 55.5 Å². The standard InChI is InChI=1S/C23H19N5O2/c1-16-15-17(23-25-12-14-30-23)7-8-20(16)28-13-10-21(29)22(27-28)19(9-11-24)26-18-5-3-2-4-6-18/h2-15H,24H2,1H3. The molecule has 0 bridgehead atoms. The Morgan fingerprint density at radius 2 is 2.00 bits per heavy atom. The molecule has 2 aromatic carbocycles. The van der Waals surface area contributed by atoms with E-state index < -0.39 is 0 Å². The quantitative estimate of drug-likeness (QED) is 0.517. The van der Waals surface area contributed by atoms with Crippen LogP contribution in [0.4, 0.5) is 5.69 Å². The molecular formula is C23H19N5O2. The molecule has 0 saturated carbocycles. The number of allylic oxidation sites excluding steroid dienone is 1. The van der Waals surface area contributed by atoms with Gasteiger partial charge in [0.2, 0.25) is 11.3 Å². The van der Waals surface area contributed by atoms with Gasteiger partial charge in [0.05, 0.1) is 23.3 Å². The molecule has 0 aliphatic carbocycles. The van der Waals surface area contributed by atoms with E-state index in [9.17, 15) is 4.79 Å². The van der Waals surface area contributed by atoms with Gasteiger partial charge in [0, 0.05) is 17.8 Å². The number of aliphatic imine (C=N–C) groups is 1. The van der Waals surface area contributed by atoms with Gasteiger partial charge in [-0.1, -0.05) is 18.2 Å². The zero-order valence-electron chi connectivity index (χ0n) is 16.3. The van der Waals surface area contributed by atoms with Crippen molar-refractivity contribution in [1.29, 1.82) is 0 Å². The van der Waals surface area contributed by atoms with Crippen LogP contribution in [0.2, 0.25) is 0 Å². The molecule has 0 atom stereocenters. The monoisotopic (exact) mass is 397 g/mol. The highest BCUT2D eigenvalue weighted by molar-refractivity contribution is 6.08. The van der Waals surface area contributed by atoms with Gasteiger partial charge in [-0.2, -0.15) is 5.10 Å². The molecule has 0 fully saturated rings. The van der Waals surface area contributed by atoms with Gasteiger partial charge >= 0.3 is 0 Å². The smallest absolute Gasteiger partial charge is 0.225 e. The van der Waals surface area contributed by atoms with Crippen molar-refractivity contribution in [3.63, 3.8) is 0 Å². The first-order valence-electron chi connectivity index (χ1n) is 9.29. The number of benzene rings is 2. The van der Waals surface area contributed by atoms with Gasteiger partial charge in [0.1, 0.15) is 6.26 Å². The lowest BCUT2D eigenvalue weighted by molar-refractivity contribution is 0.574. The molecule has 2 heterocycles. The van der Waals surface area contributed by atoms with Crippen LogP contribution in [0.15, 0.2) is 99.7 Å². The largest absolute Gasteiger partial charge is 0.445 e. The summed E-state index contributed by atoms with van der Waals surface area (Å²) in [5.74, 6) is 0.545. The van der Waals surface area contributed by atoms with Gasteiger partial charge in [-0.15, -0.1) is 0 Å². The summed E-state index contributed by atoms with van der Waals surface area (Å²) >= 11 is 0. The van der Waals surface area contributed by atoms with Crippen molar-refractivity contribution in [3.05, 3.63) is 107 Å². The molecule has 7 nitrogen and oxygen atoms in total. The minimum Gasteiger partial charge on any atom is -0.445 e. The normalized spacial score (nSPS) is 11.8. The number of oxazole rings is 1. The summed E-state index contributed by atoms with van der Waals surface area (Å²) in [7, 11) is 0. The molecule has 0 saturated heterocycles. The molecule has 0 spiro atoms. The van der Waals surface area contributed by atoms with Crippen LogP contribution in [-0.4, -0.2) is 20.5 Å². The maximum Gasteiger partial charge on any atom is 0.225 e. The van der Waals surface area contributed by atoms with Crippen molar-refractivity contribution >= 4 is 11.4 Å². The van der Waals surface area contributed by atoms with E-state index in [4.69, 9.17) is 10.2 Å². The first-order chi connectivity index (χ1) is 14.7. The van der Waals surface area contributed by atoms with Crippen molar-refractivity contribution in [2.24, 2.45) is 10.7 Å². The minimum absolute atomic E-state index is 0.208. The SMILES string of the molecule is Cc1cc(-c2ncco2)ccc1-n1ccc(=O)c(C(C=CN)=Nc2ccccc2)n1. The van der Waals surface area contributed by atoms with Crippen molar-refractivity contribution in [3.8, 4) is 17.1 Å². The molecule has 2 N–H and O–H groups in total. The maximum atomic E-state index is 12.6. The zero-order valence-corrected chi connectivity index (χ0v) is 16.3. The van der Waals surface area contributed by atoms with Crippen LogP contribution in [0.25, 0.3) is 17.1 Å². The summed E-state index contributed by atoms with van der Waals surface area (Å²) in [4.78, 5) is 21.3. The van der Waals surface area contributed by atoms with Crippen LogP contribution in [0.3, 0.4) is 0 Å². The first-order valence-corrected chi connectivity index (χ1v) is 9.29. The fraction of sp³-hybridized carbons (Fsp3) is 0.0435. The fourth-order valence-corrected chi connectivity index (χ4v) is 3.03. The molecular weight excluding hydrogens is 378 g/mol. The summed E-state index contributed by atoms with van der Waals surface area (Å²) in [6.07, 6.45) is 7.68. The number of nitrogens with two attached hydrogens (primary N) is 1. The van der Waals surface area contributed by atoms with E-state index in [0.29, 0.717) is 17.3 Å². The number of nitrogens with zero attached hydrogens (tertiary/aromatic N) is 4. The van der Waals surface area contributed by atoms with E-state index in [2.05, 4.69) is 15.1 Å². The Morgan fingerprint density at radius 1 is 1.17 bits per heavy atom. The summed E-state index contributed by atoms with van der Waals surface area (Å²) in [5, 5.41) is 4.54. The fourth-order valence-electron chi connectivity index (χ4n) is 3.03. The second kappa shape index (κ2) is 8.40. The molecule has 30 heavy (non-hydrogen) atoms. The number of rotatable bonds is 5. The van der Waals surface area contributed by atoms with Crippen molar-refractivity contribution in [2.45, 2.75) is 6.92 Å². The molecule has 148 valence electrons. The number of aromatic nitrogens is 3. The molecule has 4 rings (SSSR count). The van der Waals surface area contributed by atoms with E-state index in [1.54, 1.807) is 23.2 Å². The molecule has 4 aromatic rings. The molecule has 0 unspecified atom stereocenters. The number of aryl methyl sites for hydroxylation is 1. The average Bonchev–Trinajstić information content (AvgIpc) is 3.30. The van der Waals surface area contributed by atoms with Gasteiger partial charge < -0.3 is 10.2 Å². The zero-order chi connectivity index (χ0) is 20.9. The van der Waals surface area contributed by atoms with Crippen molar-refractivity contribution < 1.29 is 4.42 Å². The molecule has 0 aliphatic rings. The topological polar surface area (TPSA) is 99.3 Å². The Hall–Kier alpha value is -4.26. The van der Waals surface area contributed by atoms with Crippen LogP contribution in [0.1, 0.15) is 11.3 Å². The van der Waals surface area contributed by atoms with Crippen molar-refractivity contribution in [1.82, 2.24) is 14.8 Å². The van der Waals surface area contributed by atoms with Gasteiger partial charge in [0.25, 0.3) is 0 Å². The van der Waals surface area contributed by atoms with Gasteiger partial charge in [-0.25, -0.2) is 14.7 Å². The highest BCUT2D eigenvalue weighted by atomic mass is 16.3. The molecule has 0 aliphatic heterocycles. The third-order valence-corrected chi connectivity index (χ3v) is 4.43. The Bertz CT molecular complexity index is 1270. The summed E-state index contributed by atoms with van der Waals surface area (Å²) in [6, 6.07) is 16.6. The van der Waals surface area contributed by atoms with E-state index in [0.717, 1.165) is 16.8 Å². The maximum absolute atomic E-state index is 12.6. The van der Waals surface area contributed by atoms with Gasteiger partial charge in [-0.3, -0.25) is 4.79 Å². The molecule has 2 aromatic heterocycles. The van der Waals surface area contributed by atoms with E-state index in [1.165, 1.54) is 18.5 Å². The highest BCUT2D eigenvalue weighted by Crippen LogP contribution is 2.22. The summed E-state index contributed by atoms with van der Waals surface area (Å²) in [6.45, 7) is 1.96. The Labute approximate surface area is 172 Å². The predicted molar refractivity (Wildman–Crippen MR) is 116 cm³/mol. The van der Waals surface area contributed by atoms with Crippen LogP contribution in [0, 0.1) is 6.92 Å². The van der Waals surface area contributed by atoms with Crippen LogP contribution in [-0.2, 0) is 0 Å². The van der Waals surface area contributed by atoms with Crippen molar-refractivity contribution in [2.75, 3.05) is 0 Å². The number of hydrogen-bond acceptors (Lipinski definition) is 6. The van der Waals surface area contributed by atoms with Gasteiger partial charge in [-0.05, 0) is 55.1 Å². The predicted octanol–water partition coefficient (Wildman–Crippen LogP) is 3.79. The third kappa shape index (κ3) is 3.95. The summed E-state index contributed by atoms with van der Waals surface area (Å²) < 4.78 is 7.01. The van der Waals surface area contributed by atoms with E-state index in [-0.39, 0.29) is 11.1 Å². The molecule has 0 radical (unpaired) electrons. The lowest BCUT2D eigenvalue weighted by Crippen LogP contribution is -2.20.